The van der Waals surface area contributed by atoms with Crippen molar-refractivity contribution in [3.8, 4) is 17.0 Å². The van der Waals surface area contributed by atoms with E-state index < -0.39 is 26.8 Å². The first-order valence-electron chi connectivity index (χ1n) is 13.8. The molecule has 0 radical (unpaired) electrons. The van der Waals surface area contributed by atoms with Crippen LogP contribution in [0.5, 0.6) is 5.75 Å². The smallest absolute Gasteiger partial charge is 0.339 e. The van der Waals surface area contributed by atoms with E-state index >= 15 is 0 Å². The number of imidazole rings is 1. The van der Waals surface area contributed by atoms with E-state index in [0.29, 0.717) is 34.8 Å². The Balaban J connectivity index is 1.60. The standard InChI is InChI=1S/C31H32N4O8S/c1-3-4-15-43-28-14-9-22(17-25(28)31(37)38)26(34-30(36)16-20-5-12-24(13-6-20)44(2,41)42)18-29-32-19-27(33-29)21-7-10-23(11-8-21)35(39)40/h5-14,17,19,26H,3-4,15-16,18H2,1-2H3,(H,32,33)(H,34,36)(H,37,38). The highest BCUT2D eigenvalue weighted by molar-refractivity contribution is 7.90. The van der Waals surface area contributed by atoms with E-state index in [1.165, 1.54) is 30.3 Å². The second-order valence-corrected chi connectivity index (χ2v) is 12.2. The number of H-pyrrole nitrogens is 1. The van der Waals surface area contributed by atoms with Crippen molar-refractivity contribution in [1.82, 2.24) is 15.3 Å². The van der Waals surface area contributed by atoms with Crippen LogP contribution in [0.3, 0.4) is 0 Å². The number of rotatable bonds is 14. The van der Waals surface area contributed by atoms with Gasteiger partial charge in [0.1, 0.15) is 17.1 Å². The number of hydrogen-bond acceptors (Lipinski definition) is 8. The number of nitro benzene ring substituents is 1. The van der Waals surface area contributed by atoms with Gasteiger partial charge in [0.2, 0.25) is 5.91 Å². The van der Waals surface area contributed by atoms with Crippen LogP contribution in [0.15, 0.2) is 77.8 Å². The van der Waals surface area contributed by atoms with Gasteiger partial charge < -0.3 is 20.1 Å². The molecule has 0 aliphatic rings. The second kappa shape index (κ2) is 14.0. The van der Waals surface area contributed by atoms with Crippen molar-refractivity contribution in [3.63, 3.8) is 0 Å². The van der Waals surface area contributed by atoms with Crippen molar-refractivity contribution < 1.29 is 32.8 Å². The number of carboxylic acids is 1. The number of sulfone groups is 1. The number of nitrogens with zero attached hydrogens (tertiary/aromatic N) is 2. The fourth-order valence-corrected chi connectivity index (χ4v) is 5.12. The largest absolute Gasteiger partial charge is 0.493 e. The Kier molecular flexibility index (Phi) is 10.1. The molecule has 1 amide bonds. The summed E-state index contributed by atoms with van der Waals surface area (Å²) in [6.45, 7) is 2.37. The Labute approximate surface area is 254 Å². The van der Waals surface area contributed by atoms with Crippen molar-refractivity contribution >= 4 is 27.4 Å². The summed E-state index contributed by atoms with van der Waals surface area (Å²) in [6, 6.07) is 16.0. The molecule has 0 saturated heterocycles. The van der Waals surface area contributed by atoms with Crippen LogP contribution >= 0.6 is 0 Å². The number of ether oxygens (including phenoxy) is 1. The van der Waals surface area contributed by atoms with Gasteiger partial charge in [-0.1, -0.05) is 31.5 Å². The zero-order valence-electron chi connectivity index (χ0n) is 24.1. The minimum Gasteiger partial charge on any atom is -0.493 e. The van der Waals surface area contributed by atoms with E-state index in [-0.39, 0.29) is 40.6 Å². The van der Waals surface area contributed by atoms with Gasteiger partial charge in [0.25, 0.3) is 5.69 Å². The number of non-ortho nitro benzene ring substituents is 1. The molecule has 12 nitrogen and oxygen atoms in total. The molecule has 3 aromatic carbocycles. The number of amides is 1. The Morgan fingerprint density at radius 3 is 2.41 bits per heavy atom. The molecule has 3 N–H and O–H groups in total. The number of aromatic amines is 1. The first-order chi connectivity index (χ1) is 20.9. The Morgan fingerprint density at radius 2 is 1.80 bits per heavy atom. The Hall–Kier alpha value is -5.04. The van der Waals surface area contributed by atoms with Gasteiger partial charge in [-0.2, -0.15) is 0 Å². The molecule has 0 aliphatic carbocycles. The van der Waals surface area contributed by atoms with Crippen LogP contribution in [-0.4, -0.2) is 53.2 Å². The number of carbonyl (C=O) groups is 2. The summed E-state index contributed by atoms with van der Waals surface area (Å²) < 4.78 is 29.3. The van der Waals surface area contributed by atoms with Crippen molar-refractivity contribution in [2.24, 2.45) is 0 Å². The number of nitro groups is 1. The fraction of sp³-hybridized carbons (Fsp3) is 0.258. The Morgan fingerprint density at radius 1 is 1.09 bits per heavy atom. The third-order valence-corrected chi connectivity index (χ3v) is 7.99. The first kappa shape index (κ1) is 31.9. The van der Waals surface area contributed by atoms with Gasteiger partial charge in [0, 0.05) is 30.4 Å². The second-order valence-electron chi connectivity index (χ2n) is 10.2. The zero-order chi connectivity index (χ0) is 31.9. The lowest BCUT2D eigenvalue weighted by Crippen LogP contribution is -2.31. The summed E-state index contributed by atoms with van der Waals surface area (Å²) in [5.74, 6) is -0.831. The minimum atomic E-state index is -3.38. The average molecular weight is 621 g/mol. The molecule has 0 bridgehead atoms. The quantitative estimate of drug-likeness (QED) is 0.100. The van der Waals surface area contributed by atoms with Gasteiger partial charge in [-0.15, -0.1) is 0 Å². The highest BCUT2D eigenvalue weighted by atomic mass is 32.2. The number of unbranched alkanes of at least 4 members (excludes halogenated alkanes) is 1. The first-order valence-corrected chi connectivity index (χ1v) is 15.7. The number of nitrogens with one attached hydrogen (secondary N) is 2. The van der Waals surface area contributed by atoms with E-state index in [1.54, 1.807) is 42.6 Å². The molecule has 1 atom stereocenters. The van der Waals surface area contributed by atoms with Crippen molar-refractivity contribution in [1.29, 1.82) is 0 Å². The molecule has 0 saturated carbocycles. The van der Waals surface area contributed by atoms with Gasteiger partial charge in [0.05, 0.1) is 40.8 Å². The van der Waals surface area contributed by atoms with Crippen LogP contribution in [0.4, 0.5) is 5.69 Å². The predicted molar refractivity (Wildman–Crippen MR) is 162 cm³/mol. The zero-order valence-corrected chi connectivity index (χ0v) is 25.0. The molecule has 4 aromatic rings. The average Bonchev–Trinajstić information content (AvgIpc) is 3.45. The summed E-state index contributed by atoms with van der Waals surface area (Å²) in [4.78, 5) is 43.5. The lowest BCUT2D eigenvalue weighted by Gasteiger charge is -2.20. The van der Waals surface area contributed by atoms with E-state index in [4.69, 9.17) is 4.74 Å². The molecular formula is C31H32N4O8S. The summed E-state index contributed by atoms with van der Waals surface area (Å²) in [7, 11) is -3.38. The predicted octanol–water partition coefficient (Wildman–Crippen LogP) is 4.91. The third-order valence-electron chi connectivity index (χ3n) is 6.86. The number of aromatic nitrogens is 2. The van der Waals surface area contributed by atoms with Gasteiger partial charge in [-0.05, 0) is 53.9 Å². The van der Waals surface area contributed by atoms with Gasteiger partial charge in [-0.3, -0.25) is 14.9 Å². The van der Waals surface area contributed by atoms with Crippen LogP contribution in [0.25, 0.3) is 11.3 Å². The third kappa shape index (κ3) is 8.28. The number of carboxylic acid groups (broad SMARTS) is 1. The number of carbonyl (C=O) groups excluding carboxylic acids is 1. The normalized spacial score (nSPS) is 12.0. The lowest BCUT2D eigenvalue weighted by atomic mass is 9.99. The van der Waals surface area contributed by atoms with Crippen LogP contribution in [0.2, 0.25) is 0 Å². The maximum absolute atomic E-state index is 13.2. The Bertz CT molecular complexity index is 1750. The molecule has 0 aliphatic heterocycles. The fourth-order valence-electron chi connectivity index (χ4n) is 4.49. The van der Waals surface area contributed by atoms with Crippen molar-refractivity contribution in [3.05, 3.63) is 106 Å². The molecule has 230 valence electrons. The lowest BCUT2D eigenvalue weighted by molar-refractivity contribution is -0.384. The summed E-state index contributed by atoms with van der Waals surface area (Å²) in [5.41, 5.74) is 2.31. The summed E-state index contributed by atoms with van der Waals surface area (Å²) in [6.07, 6.45) is 4.45. The molecule has 0 spiro atoms. The monoisotopic (exact) mass is 620 g/mol. The maximum Gasteiger partial charge on any atom is 0.339 e. The van der Waals surface area contributed by atoms with Crippen LogP contribution in [-0.2, 0) is 27.5 Å². The van der Waals surface area contributed by atoms with E-state index in [9.17, 15) is 33.2 Å². The topological polar surface area (TPSA) is 182 Å². The van der Waals surface area contributed by atoms with Crippen molar-refractivity contribution in [2.45, 2.75) is 43.5 Å². The molecule has 4 rings (SSSR count). The molecule has 1 unspecified atom stereocenters. The van der Waals surface area contributed by atoms with Gasteiger partial charge in [0.15, 0.2) is 9.84 Å². The van der Waals surface area contributed by atoms with Crippen LogP contribution < -0.4 is 10.1 Å². The summed E-state index contributed by atoms with van der Waals surface area (Å²) in [5, 5.41) is 23.8. The van der Waals surface area contributed by atoms with Gasteiger partial charge >= 0.3 is 5.97 Å². The van der Waals surface area contributed by atoms with Crippen molar-refractivity contribution in [2.75, 3.05) is 12.9 Å². The van der Waals surface area contributed by atoms with Crippen LogP contribution in [0.1, 0.15) is 53.1 Å². The van der Waals surface area contributed by atoms with E-state index in [0.717, 1.165) is 19.1 Å². The summed E-state index contributed by atoms with van der Waals surface area (Å²) >= 11 is 0. The SMILES string of the molecule is CCCCOc1ccc(C(Cc2ncc(-c3ccc([N+](=O)[O-])cc3)[nH]2)NC(=O)Cc2ccc(S(C)(=O)=O)cc2)cc1C(=O)O. The molecule has 1 aromatic heterocycles. The van der Waals surface area contributed by atoms with E-state index in [1.807, 2.05) is 6.92 Å². The molecule has 1 heterocycles. The van der Waals surface area contributed by atoms with Gasteiger partial charge in [-0.25, -0.2) is 18.2 Å². The van der Waals surface area contributed by atoms with E-state index in [2.05, 4.69) is 15.3 Å². The number of aromatic carboxylic acids is 1. The number of hydrogen-bond donors (Lipinski definition) is 3. The number of benzene rings is 3. The molecule has 44 heavy (non-hydrogen) atoms. The molecule has 0 fully saturated rings. The minimum absolute atomic E-state index is 0.0415. The highest BCUT2D eigenvalue weighted by Crippen LogP contribution is 2.27. The highest BCUT2D eigenvalue weighted by Gasteiger charge is 2.22. The maximum atomic E-state index is 13.2. The molecule has 13 heteroatoms. The van der Waals surface area contributed by atoms with Crippen LogP contribution in [0, 0.1) is 10.1 Å². The molecular weight excluding hydrogens is 588 g/mol.